The molecule has 0 atom stereocenters. The van der Waals surface area contributed by atoms with Crippen molar-refractivity contribution in [1.29, 1.82) is 0 Å². The highest BCUT2D eigenvalue weighted by molar-refractivity contribution is 7.11. The first-order valence-electron chi connectivity index (χ1n) is 6.22. The SMILES string of the molecule is COCc1nc(C(C)(C)C)c(CNC2CC2)s1. The van der Waals surface area contributed by atoms with E-state index >= 15 is 0 Å². The maximum atomic E-state index is 5.17. The van der Waals surface area contributed by atoms with Gasteiger partial charge in [0.15, 0.2) is 0 Å². The standard InChI is InChI=1S/C13H22N2OS/c1-13(2,3)12-10(7-14-9-5-6-9)17-11(15-12)8-16-4/h9,14H,5-8H2,1-4H3. The minimum absolute atomic E-state index is 0.114. The maximum absolute atomic E-state index is 5.17. The predicted octanol–water partition coefficient (Wildman–Crippen LogP) is 2.84. The van der Waals surface area contributed by atoms with Crippen molar-refractivity contribution in [3.05, 3.63) is 15.6 Å². The minimum atomic E-state index is 0.114. The van der Waals surface area contributed by atoms with E-state index in [1.54, 1.807) is 18.4 Å². The van der Waals surface area contributed by atoms with E-state index in [9.17, 15) is 0 Å². The number of aromatic nitrogens is 1. The van der Waals surface area contributed by atoms with E-state index in [4.69, 9.17) is 9.72 Å². The van der Waals surface area contributed by atoms with Crippen LogP contribution in [0, 0.1) is 0 Å². The van der Waals surface area contributed by atoms with E-state index < -0.39 is 0 Å². The maximum Gasteiger partial charge on any atom is 0.119 e. The Morgan fingerprint density at radius 2 is 2.12 bits per heavy atom. The van der Waals surface area contributed by atoms with Crippen LogP contribution in [0.2, 0.25) is 0 Å². The highest BCUT2D eigenvalue weighted by atomic mass is 32.1. The normalized spacial score (nSPS) is 16.5. The number of rotatable bonds is 5. The van der Waals surface area contributed by atoms with Gasteiger partial charge in [-0.15, -0.1) is 11.3 Å². The second-order valence-electron chi connectivity index (χ2n) is 5.72. The molecule has 0 spiro atoms. The van der Waals surface area contributed by atoms with Crippen LogP contribution >= 0.6 is 11.3 Å². The second kappa shape index (κ2) is 5.04. The van der Waals surface area contributed by atoms with Gasteiger partial charge in [-0.3, -0.25) is 0 Å². The average molecular weight is 254 g/mol. The van der Waals surface area contributed by atoms with Crippen LogP contribution in [-0.2, 0) is 23.3 Å². The molecule has 0 aliphatic heterocycles. The Labute approximate surface area is 108 Å². The lowest BCUT2D eigenvalue weighted by atomic mass is 9.91. The van der Waals surface area contributed by atoms with Crippen molar-refractivity contribution in [3.8, 4) is 0 Å². The highest BCUT2D eigenvalue weighted by Gasteiger charge is 2.25. The summed E-state index contributed by atoms with van der Waals surface area (Å²) in [4.78, 5) is 6.09. The van der Waals surface area contributed by atoms with Crippen LogP contribution < -0.4 is 5.32 Å². The molecular weight excluding hydrogens is 232 g/mol. The smallest absolute Gasteiger partial charge is 0.119 e. The molecule has 1 aliphatic rings. The molecule has 1 fully saturated rings. The van der Waals surface area contributed by atoms with Crippen LogP contribution in [0.1, 0.15) is 49.2 Å². The van der Waals surface area contributed by atoms with E-state index in [1.165, 1.54) is 23.4 Å². The summed E-state index contributed by atoms with van der Waals surface area (Å²) in [5, 5.41) is 4.66. The van der Waals surface area contributed by atoms with Gasteiger partial charge in [-0.1, -0.05) is 20.8 Å². The molecule has 17 heavy (non-hydrogen) atoms. The zero-order chi connectivity index (χ0) is 12.5. The Bertz CT molecular complexity index is 377. The number of nitrogens with zero attached hydrogens (tertiary/aromatic N) is 1. The van der Waals surface area contributed by atoms with Crippen LogP contribution in [-0.4, -0.2) is 18.1 Å². The summed E-state index contributed by atoms with van der Waals surface area (Å²) in [6.45, 7) is 8.24. The molecule has 0 bridgehead atoms. The highest BCUT2D eigenvalue weighted by Crippen LogP contribution is 2.30. The summed E-state index contributed by atoms with van der Waals surface area (Å²) >= 11 is 1.78. The van der Waals surface area contributed by atoms with Gasteiger partial charge in [0.1, 0.15) is 5.01 Å². The summed E-state index contributed by atoms with van der Waals surface area (Å²) in [6, 6.07) is 0.746. The van der Waals surface area contributed by atoms with Gasteiger partial charge < -0.3 is 10.1 Å². The number of ether oxygens (including phenoxy) is 1. The molecule has 4 heteroatoms. The zero-order valence-electron chi connectivity index (χ0n) is 11.2. The average Bonchev–Trinajstić information content (AvgIpc) is 2.96. The van der Waals surface area contributed by atoms with Gasteiger partial charge in [-0.2, -0.15) is 0 Å². The predicted molar refractivity (Wildman–Crippen MR) is 71.4 cm³/mol. The molecule has 0 aromatic carbocycles. The largest absolute Gasteiger partial charge is 0.378 e. The molecule has 3 nitrogen and oxygen atoms in total. The summed E-state index contributed by atoms with van der Waals surface area (Å²) in [6.07, 6.45) is 2.66. The van der Waals surface area contributed by atoms with Crippen molar-refractivity contribution < 1.29 is 4.74 Å². The Hall–Kier alpha value is -0.450. The van der Waals surface area contributed by atoms with E-state index in [0.717, 1.165) is 17.6 Å². The summed E-state index contributed by atoms with van der Waals surface area (Å²) in [7, 11) is 1.72. The number of hydrogen-bond donors (Lipinski definition) is 1. The van der Waals surface area contributed by atoms with Crippen molar-refractivity contribution in [2.75, 3.05) is 7.11 Å². The molecule has 1 N–H and O–H groups in total. The Kier molecular flexibility index (Phi) is 3.85. The summed E-state index contributed by atoms with van der Waals surface area (Å²) < 4.78 is 5.17. The fraction of sp³-hybridized carbons (Fsp3) is 0.769. The van der Waals surface area contributed by atoms with Gasteiger partial charge in [0.2, 0.25) is 0 Å². The molecule has 0 unspecified atom stereocenters. The molecule has 0 saturated heterocycles. The first-order valence-corrected chi connectivity index (χ1v) is 7.03. The number of methoxy groups -OCH3 is 1. The van der Waals surface area contributed by atoms with Crippen LogP contribution in [0.5, 0.6) is 0 Å². The third-order valence-corrected chi connectivity index (χ3v) is 3.88. The molecule has 0 amide bonds. The fourth-order valence-electron chi connectivity index (χ4n) is 1.82. The van der Waals surface area contributed by atoms with Gasteiger partial charge in [0.25, 0.3) is 0 Å². The Morgan fingerprint density at radius 3 is 2.65 bits per heavy atom. The van der Waals surface area contributed by atoms with Gasteiger partial charge >= 0.3 is 0 Å². The molecule has 0 radical (unpaired) electrons. The molecule has 2 rings (SSSR count). The van der Waals surface area contributed by atoms with Gasteiger partial charge in [0, 0.05) is 30.0 Å². The number of nitrogens with one attached hydrogen (secondary N) is 1. The van der Waals surface area contributed by atoms with Crippen LogP contribution in [0.15, 0.2) is 0 Å². The van der Waals surface area contributed by atoms with E-state index in [0.29, 0.717) is 6.61 Å². The van der Waals surface area contributed by atoms with Crippen molar-refractivity contribution in [2.24, 2.45) is 0 Å². The van der Waals surface area contributed by atoms with Crippen LogP contribution in [0.25, 0.3) is 0 Å². The fourth-order valence-corrected chi connectivity index (χ4v) is 3.02. The van der Waals surface area contributed by atoms with Crippen molar-refractivity contribution in [3.63, 3.8) is 0 Å². The lowest BCUT2D eigenvalue weighted by molar-refractivity contribution is 0.184. The lowest BCUT2D eigenvalue weighted by Gasteiger charge is -2.17. The van der Waals surface area contributed by atoms with Gasteiger partial charge in [0.05, 0.1) is 12.3 Å². The summed E-state index contributed by atoms with van der Waals surface area (Å²) in [5.41, 5.74) is 1.34. The minimum Gasteiger partial charge on any atom is -0.378 e. The molecule has 1 aromatic heterocycles. The number of hydrogen-bond acceptors (Lipinski definition) is 4. The Balaban J connectivity index is 2.13. The molecule has 1 saturated carbocycles. The van der Waals surface area contributed by atoms with Crippen LogP contribution in [0.3, 0.4) is 0 Å². The third kappa shape index (κ3) is 3.50. The first kappa shape index (κ1) is 13.0. The van der Waals surface area contributed by atoms with Crippen LogP contribution in [0.4, 0.5) is 0 Å². The molecule has 96 valence electrons. The van der Waals surface area contributed by atoms with Gasteiger partial charge in [-0.25, -0.2) is 4.98 Å². The third-order valence-electron chi connectivity index (χ3n) is 2.85. The molecular formula is C13H22N2OS. The lowest BCUT2D eigenvalue weighted by Crippen LogP contribution is -2.20. The van der Waals surface area contributed by atoms with E-state index in [2.05, 4.69) is 26.1 Å². The van der Waals surface area contributed by atoms with Crippen molar-refractivity contribution >= 4 is 11.3 Å². The Morgan fingerprint density at radius 1 is 1.41 bits per heavy atom. The summed E-state index contributed by atoms with van der Waals surface area (Å²) in [5.74, 6) is 0. The quantitative estimate of drug-likeness (QED) is 0.877. The van der Waals surface area contributed by atoms with E-state index in [-0.39, 0.29) is 5.41 Å². The second-order valence-corrected chi connectivity index (χ2v) is 6.89. The monoisotopic (exact) mass is 254 g/mol. The van der Waals surface area contributed by atoms with E-state index in [1.807, 2.05) is 0 Å². The van der Waals surface area contributed by atoms with Crippen molar-refractivity contribution in [1.82, 2.24) is 10.3 Å². The first-order chi connectivity index (χ1) is 8.00. The molecule has 1 heterocycles. The topological polar surface area (TPSA) is 34.1 Å². The zero-order valence-corrected chi connectivity index (χ0v) is 12.0. The molecule has 1 aliphatic carbocycles. The molecule has 1 aromatic rings. The number of thiazole rings is 1. The van der Waals surface area contributed by atoms with Crippen molar-refractivity contribution in [2.45, 2.75) is 58.2 Å². The van der Waals surface area contributed by atoms with Gasteiger partial charge in [-0.05, 0) is 12.8 Å².